The molecule has 0 spiro atoms. The minimum Gasteiger partial charge on any atom is -0.480 e. The van der Waals surface area contributed by atoms with Gasteiger partial charge in [0.25, 0.3) is 0 Å². The number of aliphatic carboxylic acids is 1. The SMILES string of the molecule is CC(C)C[C@H](NCC(C)(C)C)C(=O)O. The van der Waals surface area contributed by atoms with Gasteiger partial charge < -0.3 is 10.4 Å². The molecule has 0 unspecified atom stereocenters. The zero-order valence-electron chi connectivity index (χ0n) is 9.92. The Labute approximate surface area is 86.9 Å². The molecule has 84 valence electrons. The van der Waals surface area contributed by atoms with E-state index < -0.39 is 12.0 Å². The number of carboxylic acid groups (broad SMARTS) is 1. The molecule has 0 aliphatic rings. The summed E-state index contributed by atoms with van der Waals surface area (Å²) in [5.74, 6) is -0.341. The number of rotatable bonds is 5. The molecule has 0 aliphatic carbocycles. The highest BCUT2D eigenvalue weighted by atomic mass is 16.4. The van der Waals surface area contributed by atoms with Crippen molar-refractivity contribution in [2.45, 2.75) is 47.1 Å². The van der Waals surface area contributed by atoms with Gasteiger partial charge in [0.2, 0.25) is 0 Å². The second-order valence-corrected chi connectivity index (χ2v) is 5.46. The molecule has 0 fully saturated rings. The average molecular weight is 201 g/mol. The van der Waals surface area contributed by atoms with Gasteiger partial charge in [-0.3, -0.25) is 4.79 Å². The van der Waals surface area contributed by atoms with E-state index in [2.05, 4.69) is 26.1 Å². The Bertz CT molecular complexity index is 182. The van der Waals surface area contributed by atoms with Crippen LogP contribution in [0.1, 0.15) is 41.0 Å². The molecule has 0 radical (unpaired) electrons. The van der Waals surface area contributed by atoms with Gasteiger partial charge in [-0.05, 0) is 17.8 Å². The second-order valence-electron chi connectivity index (χ2n) is 5.46. The third-order valence-electron chi connectivity index (χ3n) is 1.88. The first kappa shape index (κ1) is 13.4. The van der Waals surface area contributed by atoms with Crippen LogP contribution in [0.2, 0.25) is 0 Å². The van der Waals surface area contributed by atoms with Crippen LogP contribution < -0.4 is 5.32 Å². The fourth-order valence-corrected chi connectivity index (χ4v) is 1.17. The van der Waals surface area contributed by atoms with Gasteiger partial charge in [-0.2, -0.15) is 0 Å². The molecule has 0 aromatic heterocycles. The number of nitrogens with one attached hydrogen (secondary N) is 1. The van der Waals surface area contributed by atoms with Crippen LogP contribution in [0.5, 0.6) is 0 Å². The van der Waals surface area contributed by atoms with Crippen molar-refractivity contribution in [2.75, 3.05) is 6.54 Å². The van der Waals surface area contributed by atoms with E-state index in [0.29, 0.717) is 12.3 Å². The quantitative estimate of drug-likeness (QED) is 0.716. The van der Waals surface area contributed by atoms with Crippen molar-refractivity contribution in [3.05, 3.63) is 0 Å². The van der Waals surface area contributed by atoms with E-state index in [1.54, 1.807) is 0 Å². The topological polar surface area (TPSA) is 49.3 Å². The Balaban J connectivity index is 4.05. The molecule has 14 heavy (non-hydrogen) atoms. The number of carbonyl (C=O) groups is 1. The lowest BCUT2D eigenvalue weighted by Crippen LogP contribution is -2.41. The normalized spacial score (nSPS) is 14.4. The summed E-state index contributed by atoms with van der Waals surface area (Å²) in [5, 5.41) is 12.0. The molecule has 1 atom stereocenters. The molecule has 0 heterocycles. The summed E-state index contributed by atoms with van der Waals surface area (Å²) in [6, 6.07) is -0.408. The van der Waals surface area contributed by atoms with Crippen LogP contribution in [-0.2, 0) is 4.79 Å². The van der Waals surface area contributed by atoms with E-state index in [9.17, 15) is 4.79 Å². The van der Waals surface area contributed by atoms with Gasteiger partial charge in [0.1, 0.15) is 6.04 Å². The van der Waals surface area contributed by atoms with Crippen molar-refractivity contribution < 1.29 is 9.90 Å². The molecular formula is C11H23NO2. The highest BCUT2D eigenvalue weighted by Crippen LogP contribution is 2.12. The lowest BCUT2D eigenvalue weighted by Gasteiger charge is -2.23. The Morgan fingerprint density at radius 3 is 2.14 bits per heavy atom. The van der Waals surface area contributed by atoms with E-state index in [-0.39, 0.29) is 5.41 Å². The summed E-state index contributed by atoms with van der Waals surface area (Å²) < 4.78 is 0. The molecule has 0 aromatic carbocycles. The molecule has 0 aromatic rings. The zero-order valence-corrected chi connectivity index (χ0v) is 9.92. The Morgan fingerprint density at radius 1 is 1.36 bits per heavy atom. The van der Waals surface area contributed by atoms with Gasteiger partial charge in [0, 0.05) is 6.54 Å². The highest BCUT2D eigenvalue weighted by molar-refractivity contribution is 5.73. The zero-order chi connectivity index (χ0) is 11.4. The fourth-order valence-electron chi connectivity index (χ4n) is 1.17. The first-order valence-electron chi connectivity index (χ1n) is 5.18. The fraction of sp³-hybridized carbons (Fsp3) is 0.909. The van der Waals surface area contributed by atoms with E-state index >= 15 is 0 Å². The summed E-state index contributed by atoms with van der Waals surface area (Å²) in [6.07, 6.45) is 0.686. The number of carboxylic acids is 1. The van der Waals surface area contributed by atoms with Gasteiger partial charge in [-0.15, -0.1) is 0 Å². The second kappa shape index (κ2) is 5.35. The maximum absolute atomic E-state index is 10.9. The van der Waals surface area contributed by atoms with E-state index in [1.165, 1.54) is 0 Å². The van der Waals surface area contributed by atoms with E-state index in [1.807, 2.05) is 13.8 Å². The third kappa shape index (κ3) is 6.89. The van der Waals surface area contributed by atoms with Crippen molar-refractivity contribution >= 4 is 5.97 Å². The minimum absolute atomic E-state index is 0.130. The van der Waals surface area contributed by atoms with Gasteiger partial charge in [0.15, 0.2) is 0 Å². The van der Waals surface area contributed by atoms with E-state index in [4.69, 9.17) is 5.11 Å². The smallest absolute Gasteiger partial charge is 0.320 e. The molecule has 0 saturated carbocycles. The van der Waals surface area contributed by atoms with Crippen molar-refractivity contribution in [1.29, 1.82) is 0 Å². The van der Waals surface area contributed by atoms with Crippen LogP contribution >= 0.6 is 0 Å². The first-order valence-corrected chi connectivity index (χ1v) is 5.18. The van der Waals surface area contributed by atoms with Gasteiger partial charge in [0.05, 0.1) is 0 Å². The summed E-state index contributed by atoms with van der Waals surface area (Å²) >= 11 is 0. The molecule has 0 saturated heterocycles. The van der Waals surface area contributed by atoms with Crippen LogP contribution in [0.3, 0.4) is 0 Å². The minimum atomic E-state index is -0.747. The Hall–Kier alpha value is -0.570. The standard InChI is InChI=1S/C11H23NO2/c1-8(2)6-9(10(13)14)12-7-11(3,4)5/h8-9,12H,6-7H2,1-5H3,(H,13,14)/t9-/m0/s1. The molecule has 3 heteroatoms. The molecule has 2 N–H and O–H groups in total. The third-order valence-corrected chi connectivity index (χ3v) is 1.88. The van der Waals surface area contributed by atoms with Crippen molar-refractivity contribution in [1.82, 2.24) is 5.32 Å². The highest BCUT2D eigenvalue weighted by Gasteiger charge is 2.20. The lowest BCUT2D eigenvalue weighted by atomic mass is 9.95. The van der Waals surface area contributed by atoms with Crippen LogP contribution in [0, 0.1) is 11.3 Å². The first-order chi connectivity index (χ1) is 6.22. The molecular weight excluding hydrogens is 178 g/mol. The molecule has 0 amide bonds. The van der Waals surface area contributed by atoms with Crippen LogP contribution in [0.4, 0.5) is 0 Å². The van der Waals surface area contributed by atoms with Crippen molar-refractivity contribution in [2.24, 2.45) is 11.3 Å². The Kier molecular flexibility index (Phi) is 5.13. The summed E-state index contributed by atoms with van der Waals surface area (Å²) in [4.78, 5) is 10.9. The Morgan fingerprint density at radius 2 is 1.86 bits per heavy atom. The van der Waals surface area contributed by atoms with Crippen molar-refractivity contribution in [3.8, 4) is 0 Å². The van der Waals surface area contributed by atoms with Crippen LogP contribution in [0.15, 0.2) is 0 Å². The van der Waals surface area contributed by atoms with Gasteiger partial charge >= 0.3 is 5.97 Å². The molecule has 0 aliphatic heterocycles. The van der Waals surface area contributed by atoms with E-state index in [0.717, 1.165) is 6.54 Å². The molecule has 3 nitrogen and oxygen atoms in total. The van der Waals surface area contributed by atoms with Gasteiger partial charge in [-0.1, -0.05) is 34.6 Å². The maximum Gasteiger partial charge on any atom is 0.320 e. The summed E-state index contributed by atoms with van der Waals surface area (Å²) in [6.45, 7) is 11.1. The van der Waals surface area contributed by atoms with Crippen LogP contribution in [-0.4, -0.2) is 23.7 Å². The lowest BCUT2D eigenvalue weighted by molar-refractivity contribution is -0.140. The predicted molar refractivity (Wildman–Crippen MR) is 58.3 cm³/mol. The maximum atomic E-state index is 10.9. The van der Waals surface area contributed by atoms with Gasteiger partial charge in [-0.25, -0.2) is 0 Å². The predicted octanol–water partition coefficient (Wildman–Crippen LogP) is 2.12. The summed E-state index contributed by atoms with van der Waals surface area (Å²) in [7, 11) is 0. The number of hydrogen-bond acceptors (Lipinski definition) is 2. The molecule has 0 bridgehead atoms. The molecule has 0 rings (SSSR count). The van der Waals surface area contributed by atoms with Crippen molar-refractivity contribution in [3.63, 3.8) is 0 Å². The summed E-state index contributed by atoms with van der Waals surface area (Å²) in [5.41, 5.74) is 0.130. The number of hydrogen-bond donors (Lipinski definition) is 2. The monoisotopic (exact) mass is 201 g/mol. The largest absolute Gasteiger partial charge is 0.480 e. The average Bonchev–Trinajstić information content (AvgIpc) is 1.94. The van der Waals surface area contributed by atoms with Crippen LogP contribution in [0.25, 0.3) is 0 Å².